The van der Waals surface area contributed by atoms with Crippen LogP contribution in [0.25, 0.3) is 0 Å². The Bertz CT molecular complexity index is 423. The first-order chi connectivity index (χ1) is 8.63. The summed E-state index contributed by atoms with van der Waals surface area (Å²) < 4.78 is 0. The van der Waals surface area contributed by atoms with Gasteiger partial charge in [-0.15, -0.1) is 0 Å². The van der Waals surface area contributed by atoms with Crippen molar-refractivity contribution >= 4 is 11.6 Å². The normalized spacial score (nSPS) is 16.6. The van der Waals surface area contributed by atoms with Gasteiger partial charge in [-0.05, 0) is 31.1 Å². The lowest BCUT2D eigenvalue weighted by Gasteiger charge is -2.10. The molecule has 0 radical (unpaired) electrons. The molecule has 0 spiro atoms. The third kappa shape index (κ3) is 2.83. The van der Waals surface area contributed by atoms with Gasteiger partial charge >= 0.3 is 0 Å². The fourth-order valence-corrected chi connectivity index (χ4v) is 2.17. The highest BCUT2D eigenvalue weighted by Crippen LogP contribution is 2.36. The van der Waals surface area contributed by atoms with Crippen LogP contribution in [0.4, 0.5) is 5.69 Å². The number of anilines is 1. The summed E-state index contributed by atoms with van der Waals surface area (Å²) in [5, 5.41) is 9.77. The Hall–Kier alpha value is -1.52. The fraction of sp³-hybridized carbons (Fsp3) is 0.692. The van der Waals surface area contributed by atoms with Crippen LogP contribution in [-0.4, -0.2) is 22.6 Å². The van der Waals surface area contributed by atoms with Crippen molar-refractivity contribution in [2.45, 2.75) is 39.5 Å². The lowest BCUT2D eigenvalue weighted by Crippen LogP contribution is -2.29. The van der Waals surface area contributed by atoms with E-state index < -0.39 is 0 Å². The first kappa shape index (κ1) is 12.9. The number of H-pyrrole nitrogens is 1. The average molecular weight is 250 g/mol. The minimum Gasteiger partial charge on any atom is -0.395 e. The van der Waals surface area contributed by atoms with E-state index in [9.17, 15) is 4.79 Å². The van der Waals surface area contributed by atoms with Crippen LogP contribution in [0.5, 0.6) is 0 Å². The van der Waals surface area contributed by atoms with Gasteiger partial charge < -0.3 is 11.1 Å². The first-order valence-electron chi connectivity index (χ1n) is 6.74. The standard InChI is InChI=1S/C13H22N4O/c1-3-4-10-11(14)12(17-16-10)13(18)15-7-8(2)9-5-6-9/h8-9H,3-7,14H2,1-2H3,(H,15,18)(H,16,17). The number of amides is 1. The van der Waals surface area contributed by atoms with E-state index in [1.807, 2.05) is 0 Å². The van der Waals surface area contributed by atoms with Gasteiger partial charge in [0.1, 0.15) is 0 Å². The highest BCUT2D eigenvalue weighted by atomic mass is 16.1. The number of aromatic nitrogens is 2. The molecule has 18 heavy (non-hydrogen) atoms. The minimum absolute atomic E-state index is 0.168. The Morgan fingerprint density at radius 3 is 2.94 bits per heavy atom. The second kappa shape index (κ2) is 5.42. The zero-order valence-electron chi connectivity index (χ0n) is 11.1. The summed E-state index contributed by atoms with van der Waals surface area (Å²) in [5.41, 5.74) is 7.60. The largest absolute Gasteiger partial charge is 0.395 e. The zero-order chi connectivity index (χ0) is 13.1. The number of aryl methyl sites for hydroxylation is 1. The highest BCUT2D eigenvalue weighted by molar-refractivity contribution is 5.97. The predicted molar refractivity (Wildman–Crippen MR) is 71.2 cm³/mol. The third-order valence-electron chi connectivity index (χ3n) is 3.61. The maximum absolute atomic E-state index is 12.0. The second-order valence-corrected chi connectivity index (χ2v) is 5.24. The molecule has 0 aliphatic heterocycles. The van der Waals surface area contributed by atoms with Gasteiger partial charge in [-0.25, -0.2) is 0 Å². The molecule has 1 aromatic rings. The molecule has 1 unspecified atom stereocenters. The van der Waals surface area contributed by atoms with Crippen molar-refractivity contribution in [3.63, 3.8) is 0 Å². The Labute approximate surface area is 108 Å². The van der Waals surface area contributed by atoms with Crippen LogP contribution in [-0.2, 0) is 6.42 Å². The number of carbonyl (C=O) groups excluding carboxylic acids is 1. The lowest BCUT2D eigenvalue weighted by molar-refractivity contribution is 0.0942. The topological polar surface area (TPSA) is 83.8 Å². The highest BCUT2D eigenvalue weighted by Gasteiger charge is 2.28. The van der Waals surface area contributed by atoms with E-state index in [1.54, 1.807) is 0 Å². The van der Waals surface area contributed by atoms with E-state index in [-0.39, 0.29) is 5.91 Å². The molecule has 1 amide bonds. The molecule has 100 valence electrons. The van der Waals surface area contributed by atoms with Gasteiger partial charge in [0.05, 0.1) is 11.4 Å². The van der Waals surface area contributed by atoms with Crippen molar-refractivity contribution in [3.05, 3.63) is 11.4 Å². The number of aromatic amines is 1. The van der Waals surface area contributed by atoms with E-state index in [2.05, 4.69) is 29.4 Å². The van der Waals surface area contributed by atoms with Gasteiger partial charge in [-0.2, -0.15) is 5.10 Å². The van der Waals surface area contributed by atoms with E-state index in [4.69, 9.17) is 5.73 Å². The van der Waals surface area contributed by atoms with E-state index in [0.29, 0.717) is 23.8 Å². The number of nitrogens with zero attached hydrogens (tertiary/aromatic N) is 1. The molecule has 0 aromatic carbocycles. The number of hydrogen-bond donors (Lipinski definition) is 3. The van der Waals surface area contributed by atoms with Crippen LogP contribution in [0.2, 0.25) is 0 Å². The van der Waals surface area contributed by atoms with Gasteiger partial charge in [-0.1, -0.05) is 20.3 Å². The monoisotopic (exact) mass is 250 g/mol. The Kier molecular flexibility index (Phi) is 3.89. The van der Waals surface area contributed by atoms with Crippen LogP contribution in [0.3, 0.4) is 0 Å². The Morgan fingerprint density at radius 2 is 2.33 bits per heavy atom. The van der Waals surface area contributed by atoms with Crippen LogP contribution in [0, 0.1) is 11.8 Å². The summed E-state index contributed by atoms with van der Waals surface area (Å²) in [5.74, 6) is 1.17. The number of nitrogens with one attached hydrogen (secondary N) is 2. The second-order valence-electron chi connectivity index (χ2n) is 5.24. The average Bonchev–Trinajstić information content (AvgIpc) is 3.13. The molecule has 1 aliphatic carbocycles. The number of nitrogen functional groups attached to an aromatic ring is 1. The van der Waals surface area contributed by atoms with Gasteiger partial charge in [0.2, 0.25) is 0 Å². The van der Waals surface area contributed by atoms with E-state index >= 15 is 0 Å². The number of hydrogen-bond acceptors (Lipinski definition) is 3. The molecule has 1 atom stereocenters. The SMILES string of the molecule is CCCc1[nH]nc(C(=O)NCC(C)C2CC2)c1N. The quantitative estimate of drug-likeness (QED) is 0.718. The molecule has 5 heteroatoms. The molecule has 0 bridgehead atoms. The van der Waals surface area contributed by atoms with Crippen LogP contribution >= 0.6 is 0 Å². The Morgan fingerprint density at radius 1 is 1.61 bits per heavy atom. The summed E-state index contributed by atoms with van der Waals surface area (Å²) in [6.07, 6.45) is 4.39. The van der Waals surface area contributed by atoms with E-state index in [1.165, 1.54) is 12.8 Å². The van der Waals surface area contributed by atoms with Gasteiger partial charge in [-0.3, -0.25) is 9.89 Å². The molecule has 2 rings (SSSR count). The van der Waals surface area contributed by atoms with Crippen molar-refractivity contribution in [3.8, 4) is 0 Å². The molecular formula is C13H22N4O. The molecule has 1 aromatic heterocycles. The minimum atomic E-state index is -0.168. The summed E-state index contributed by atoms with van der Waals surface area (Å²) in [4.78, 5) is 12.0. The van der Waals surface area contributed by atoms with Gasteiger partial charge in [0.25, 0.3) is 5.91 Å². The first-order valence-corrected chi connectivity index (χ1v) is 6.74. The van der Waals surface area contributed by atoms with Gasteiger partial charge in [0.15, 0.2) is 5.69 Å². The zero-order valence-corrected chi connectivity index (χ0v) is 11.1. The lowest BCUT2D eigenvalue weighted by atomic mass is 10.1. The van der Waals surface area contributed by atoms with Crippen molar-refractivity contribution < 1.29 is 4.79 Å². The molecule has 1 saturated carbocycles. The summed E-state index contributed by atoms with van der Waals surface area (Å²) in [6.45, 7) is 4.95. The molecule has 5 nitrogen and oxygen atoms in total. The fourth-order valence-electron chi connectivity index (χ4n) is 2.17. The van der Waals surface area contributed by atoms with Crippen molar-refractivity contribution in [1.82, 2.24) is 15.5 Å². The maximum Gasteiger partial charge on any atom is 0.273 e. The molecular weight excluding hydrogens is 228 g/mol. The van der Waals surface area contributed by atoms with Crippen molar-refractivity contribution in [1.29, 1.82) is 0 Å². The maximum atomic E-state index is 12.0. The molecule has 1 fully saturated rings. The molecule has 0 saturated heterocycles. The molecule has 1 aliphatic rings. The summed E-state index contributed by atoms with van der Waals surface area (Å²) >= 11 is 0. The van der Waals surface area contributed by atoms with Crippen LogP contribution in [0.1, 0.15) is 49.3 Å². The number of nitrogens with two attached hydrogens (primary N) is 1. The molecule has 1 heterocycles. The van der Waals surface area contributed by atoms with Crippen molar-refractivity contribution in [2.24, 2.45) is 11.8 Å². The van der Waals surface area contributed by atoms with Crippen LogP contribution < -0.4 is 11.1 Å². The molecule has 4 N–H and O–H groups in total. The van der Waals surface area contributed by atoms with Gasteiger partial charge in [0, 0.05) is 6.54 Å². The smallest absolute Gasteiger partial charge is 0.273 e. The van der Waals surface area contributed by atoms with Crippen LogP contribution in [0.15, 0.2) is 0 Å². The number of rotatable bonds is 6. The summed E-state index contributed by atoms with van der Waals surface area (Å²) in [6, 6.07) is 0. The summed E-state index contributed by atoms with van der Waals surface area (Å²) in [7, 11) is 0. The predicted octanol–water partition coefficient (Wildman–Crippen LogP) is 1.72. The Balaban J connectivity index is 1.91. The van der Waals surface area contributed by atoms with E-state index in [0.717, 1.165) is 24.5 Å². The number of carbonyl (C=O) groups is 1. The third-order valence-corrected chi connectivity index (χ3v) is 3.61. The van der Waals surface area contributed by atoms with Crippen molar-refractivity contribution in [2.75, 3.05) is 12.3 Å².